The van der Waals surface area contributed by atoms with Gasteiger partial charge in [-0.2, -0.15) is 0 Å². The second-order valence-electron chi connectivity index (χ2n) is 5.72. The predicted octanol–water partition coefficient (Wildman–Crippen LogP) is 3.14. The summed E-state index contributed by atoms with van der Waals surface area (Å²) >= 11 is 0. The minimum absolute atomic E-state index is 0.0462. The first-order valence-electron chi connectivity index (χ1n) is 7.71. The molecule has 0 saturated heterocycles. The van der Waals surface area contributed by atoms with Crippen molar-refractivity contribution in [3.63, 3.8) is 0 Å². The normalized spacial score (nSPS) is 23.3. The zero-order valence-electron chi connectivity index (χ0n) is 12.4. The molecule has 1 aliphatic rings. The summed E-state index contributed by atoms with van der Waals surface area (Å²) in [7, 11) is 0. The molecule has 4 heteroatoms. The molecule has 1 aromatic rings. The molecule has 114 valence electrons. The van der Waals surface area contributed by atoms with Gasteiger partial charge in [-0.05, 0) is 24.8 Å². The molecule has 1 saturated carbocycles. The zero-order valence-corrected chi connectivity index (χ0v) is 12.4. The van der Waals surface area contributed by atoms with E-state index in [1.165, 1.54) is 0 Å². The average Bonchev–Trinajstić information content (AvgIpc) is 2.53. The molecule has 0 spiro atoms. The number of carboxylic acids is 1. The van der Waals surface area contributed by atoms with Crippen LogP contribution in [0.25, 0.3) is 0 Å². The van der Waals surface area contributed by atoms with E-state index in [9.17, 15) is 14.7 Å². The molecule has 0 aliphatic heterocycles. The van der Waals surface area contributed by atoms with Crippen LogP contribution in [0, 0.1) is 11.8 Å². The molecule has 0 unspecified atom stereocenters. The van der Waals surface area contributed by atoms with Crippen LogP contribution >= 0.6 is 0 Å². The molecule has 4 nitrogen and oxygen atoms in total. The van der Waals surface area contributed by atoms with E-state index in [0.717, 1.165) is 24.8 Å². The maximum absolute atomic E-state index is 12.5. The molecule has 21 heavy (non-hydrogen) atoms. The Kier molecular flexibility index (Phi) is 5.37. The van der Waals surface area contributed by atoms with Crippen molar-refractivity contribution >= 4 is 11.9 Å². The van der Waals surface area contributed by atoms with Crippen LogP contribution in [0.1, 0.15) is 50.6 Å². The number of carboxylic acid groups (broad SMARTS) is 1. The van der Waals surface area contributed by atoms with Gasteiger partial charge in [-0.25, -0.2) is 0 Å². The van der Waals surface area contributed by atoms with Crippen molar-refractivity contribution in [2.24, 2.45) is 11.8 Å². The fourth-order valence-electron chi connectivity index (χ4n) is 3.13. The Morgan fingerprint density at radius 3 is 2.38 bits per heavy atom. The summed E-state index contributed by atoms with van der Waals surface area (Å²) < 4.78 is 0. The molecular weight excluding hydrogens is 266 g/mol. The van der Waals surface area contributed by atoms with Crippen LogP contribution in [0.3, 0.4) is 0 Å². The summed E-state index contributed by atoms with van der Waals surface area (Å²) in [6.45, 7) is 2.02. The van der Waals surface area contributed by atoms with Crippen LogP contribution < -0.4 is 5.32 Å². The van der Waals surface area contributed by atoms with Crippen molar-refractivity contribution < 1.29 is 14.7 Å². The lowest BCUT2D eigenvalue weighted by atomic mass is 9.78. The Labute approximate surface area is 125 Å². The molecule has 1 aromatic carbocycles. The van der Waals surface area contributed by atoms with Gasteiger partial charge >= 0.3 is 5.97 Å². The number of carbonyl (C=O) groups is 2. The summed E-state index contributed by atoms with van der Waals surface area (Å²) in [6.07, 6.45) is 3.91. The number of hydrogen-bond acceptors (Lipinski definition) is 2. The number of carbonyl (C=O) groups excluding carboxylic acids is 1. The molecule has 1 aliphatic carbocycles. The Morgan fingerprint density at radius 2 is 1.81 bits per heavy atom. The van der Waals surface area contributed by atoms with E-state index in [1.54, 1.807) is 0 Å². The first-order chi connectivity index (χ1) is 10.1. The second-order valence-corrected chi connectivity index (χ2v) is 5.72. The topological polar surface area (TPSA) is 66.4 Å². The molecular formula is C17H23NO3. The first kappa shape index (κ1) is 15.5. The lowest BCUT2D eigenvalue weighted by Gasteiger charge is -2.29. The van der Waals surface area contributed by atoms with E-state index in [0.29, 0.717) is 12.8 Å². The lowest BCUT2D eigenvalue weighted by molar-refractivity contribution is -0.149. The van der Waals surface area contributed by atoms with Gasteiger partial charge in [0.2, 0.25) is 5.91 Å². The van der Waals surface area contributed by atoms with Gasteiger partial charge in [0.25, 0.3) is 0 Å². The van der Waals surface area contributed by atoms with Gasteiger partial charge in [-0.3, -0.25) is 9.59 Å². The second kappa shape index (κ2) is 7.25. The highest BCUT2D eigenvalue weighted by Gasteiger charge is 2.36. The molecule has 0 radical (unpaired) electrons. The minimum atomic E-state index is -0.845. The average molecular weight is 289 g/mol. The van der Waals surface area contributed by atoms with E-state index in [2.05, 4.69) is 5.32 Å². The Balaban J connectivity index is 2.06. The fraction of sp³-hybridized carbons (Fsp3) is 0.529. The molecule has 2 rings (SSSR count). The van der Waals surface area contributed by atoms with Gasteiger partial charge in [0.1, 0.15) is 0 Å². The van der Waals surface area contributed by atoms with Crippen molar-refractivity contribution in [3.8, 4) is 0 Å². The van der Waals surface area contributed by atoms with Crippen molar-refractivity contribution in [3.05, 3.63) is 35.9 Å². The van der Waals surface area contributed by atoms with Crippen LogP contribution in [0.5, 0.6) is 0 Å². The number of amides is 1. The third-order valence-electron chi connectivity index (χ3n) is 4.35. The summed E-state index contributed by atoms with van der Waals surface area (Å²) in [5.74, 6) is -1.89. The van der Waals surface area contributed by atoms with E-state index in [1.807, 2.05) is 37.3 Å². The Hall–Kier alpha value is -1.84. The highest BCUT2D eigenvalue weighted by molar-refractivity contribution is 5.85. The number of benzene rings is 1. The van der Waals surface area contributed by atoms with Gasteiger partial charge in [0.15, 0.2) is 0 Å². The molecule has 2 N–H and O–H groups in total. The van der Waals surface area contributed by atoms with Gasteiger partial charge in [0.05, 0.1) is 17.9 Å². The Bertz CT molecular complexity index is 486. The van der Waals surface area contributed by atoms with Gasteiger partial charge in [0, 0.05) is 0 Å². The molecule has 1 fully saturated rings. The van der Waals surface area contributed by atoms with Crippen LogP contribution in [0.2, 0.25) is 0 Å². The summed E-state index contributed by atoms with van der Waals surface area (Å²) in [6, 6.07) is 9.78. The van der Waals surface area contributed by atoms with Crippen molar-refractivity contribution in [1.29, 1.82) is 0 Å². The fourth-order valence-corrected chi connectivity index (χ4v) is 3.13. The standard InChI is InChI=1S/C17H23NO3/c1-2-15(12-8-4-3-5-9-12)18-16(19)13-10-6-7-11-14(13)17(20)21/h3-5,8-9,13-15H,2,6-7,10-11H2,1H3,(H,18,19)(H,20,21)/t13-,14+,15-/m0/s1. The largest absolute Gasteiger partial charge is 0.481 e. The number of rotatable bonds is 5. The van der Waals surface area contributed by atoms with E-state index in [4.69, 9.17) is 0 Å². The van der Waals surface area contributed by atoms with Crippen LogP contribution in [0.15, 0.2) is 30.3 Å². The van der Waals surface area contributed by atoms with Crippen molar-refractivity contribution in [2.75, 3.05) is 0 Å². The van der Waals surface area contributed by atoms with Crippen molar-refractivity contribution in [2.45, 2.75) is 45.1 Å². The maximum Gasteiger partial charge on any atom is 0.307 e. The number of hydrogen-bond donors (Lipinski definition) is 2. The summed E-state index contributed by atoms with van der Waals surface area (Å²) in [4.78, 5) is 23.8. The van der Waals surface area contributed by atoms with Crippen molar-refractivity contribution in [1.82, 2.24) is 5.32 Å². The van der Waals surface area contributed by atoms with E-state index < -0.39 is 17.8 Å². The monoisotopic (exact) mass is 289 g/mol. The number of aliphatic carboxylic acids is 1. The molecule has 0 bridgehead atoms. The summed E-state index contributed by atoms with van der Waals surface area (Å²) in [5.41, 5.74) is 1.07. The van der Waals surface area contributed by atoms with Gasteiger partial charge in [-0.15, -0.1) is 0 Å². The van der Waals surface area contributed by atoms with Gasteiger partial charge in [-0.1, -0.05) is 50.1 Å². The zero-order chi connectivity index (χ0) is 15.2. The smallest absolute Gasteiger partial charge is 0.307 e. The minimum Gasteiger partial charge on any atom is -0.481 e. The van der Waals surface area contributed by atoms with E-state index >= 15 is 0 Å². The highest BCUT2D eigenvalue weighted by Crippen LogP contribution is 2.31. The molecule has 0 heterocycles. The van der Waals surface area contributed by atoms with Crippen LogP contribution in [-0.4, -0.2) is 17.0 Å². The quantitative estimate of drug-likeness (QED) is 0.875. The third kappa shape index (κ3) is 3.84. The number of nitrogens with one attached hydrogen (secondary N) is 1. The van der Waals surface area contributed by atoms with E-state index in [-0.39, 0.29) is 11.9 Å². The molecule has 3 atom stereocenters. The predicted molar refractivity (Wildman–Crippen MR) is 80.7 cm³/mol. The van der Waals surface area contributed by atoms with Crippen LogP contribution in [-0.2, 0) is 9.59 Å². The SMILES string of the molecule is CC[C@H](NC(=O)[C@H]1CCCC[C@H]1C(=O)O)c1ccccc1. The highest BCUT2D eigenvalue weighted by atomic mass is 16.4. The van der Waals surface area contributed by atoms with Crippen LogP contribution in [0.4, 0.5) is 0 Å². The first-order valence-corrected chi connectivity index (χ1v) is 7.71. The Morgan fingerprint density at radius 1 is 1.19 bits per heavy atom. The third-order valence-corrected chi connectivity index (χ3v) is 4.35. The molecule has 0 aromatic heterocycles. The lowest BCUT2D eigenvalue weighted by Crippen LogP contribution is -2.41. The van der Waals surface area contributed by atoms with Gasteiger partial charge < -0.3 is 10.4 Å². The maximum atomic E-state index is 12.5. The molecule has 1 amide bonds. The summed E-state index contributed by atoms with van der Waals surface area (Å²) in [5, 5.41) is 12.3.